The smallest absolute Gasteiger partial charge is 0.125 e. The first kappa shape index (κ1) is 15.8. The van der Waals surface area contributed by atoms with Crippen LogP contribution in [0.1, 0.15) is 25.0 Å². The lowest BCUT2D eigenvalue weighted by Crippen LogP contribution is -2.58. The van der Waals surface area contributed by atoms with E-state index in [1.807, 2.05) is 0 Å². The van der Waals surface area contributed by atoms with E-state index in [2.05, 4.69) is 66.3 Å². The number of benzene rings is 1. The Kier molecular flexibility index (Phi) is 4.74. The Hall–Kier alpha value is -0.620. The van der Waals surface area contributed by atoms with Gasteiger partial charge in [0.15, 0.2) is 0 Å². The molecule has 0 fully saturated rings. The van der Waals surface area contributed by atoms with E-state index < -0.39 is 0 Å². The summed E-state index contributed by atoms with van der Waals surface area (Å²) in [5.41, 5.74) is 5.41. The van der Waals surface area contributed by atoms with Crippen LogP contribution in [-0.4, -0.2) is 37.2 Å². The second-order valence-electron chi connectivity index (χ2n) is 6.12. The Morgan fingerprint density at radius 3 is 2.75 bits per heavy atom. The fraction of sp³-hybridized carbons (Fsp3) is 0.600. The molecule has 2 rings (SSSR count). The number of rotatable bonds is 5. The maximum atomic E-state index is 5.80. The van der Waals surface area contributed by atoms with E-state index in [1.165, 1.54) is 11.1 Å². The van der Waals surface area contributed by atoms with Gasteiger partial charge in [0.05, 0.1) is 6.61 Å². The highest BCUT2D eigenvalue weighted by atomic mass is 79.9. The highest BCUT2D eigenvalue weighted by Gasteiger charge is 2.32. The molecule has 0 bridgehead atoms. The van der Waals surface area contributed by atoms with E-state index in [1.54, 1.807) is 0 Å². The third kappa shape index (κ3) is 3.01. The van der Waals surface area contributed by atoms with Crippen molar-refractivity contribution < 1.29 is 4.74 Å². The van der Waals surface area contributed by atoms with E-state index >= 15 is 0 Å². The van der Waals surface area contributed by atoms with Crippen molar-refractivity contribution in [3.05, 3.63) is 27.7 Å². The van der Waals surface area contributed by atoms with E-state index in [4.69, 9.17) is 10.6 Å². The number of ether oxygens (including phenoxy) is 1. The Balaban J connectivity index is 2.29. The molecule has 0 radical (unpaired) electrons. The molecule has 3 N–H and O–H groups in total. The van der Waals surface area contributed by atoms with E-state index in [0.717, 1.165) is 29.7 Å². The Morgan fingerprint density at radius 2 is 2.15 bits per heavy atom. The number of fused-ring (bicyclic) bond motifs is 1. The van der Waals surface area contributed by atoms with Crippen molar-refractivity contribution in [2.24, 2.45) is 5.84 Å². The molecule has 0 saturated carbocycles. The van der Waals surface area contributed by atoms with E-state index in [0.29, 0.717) is 0 Å². The summed E-state index contributed by atoms with van der Waals surface area (Å²) in [5, 5.41) is 0. The second kappa shape index (κ2) is 6.02. The summed E-state index contributed by atoms with van der Waals surface area (Å²) in [7, 11) is 4.15. The minimum absolute atomic E-state index is 0.0530. The molecule has 0 amide bonds. The molecule has 0 spiro atoms. The number of nitrogens with two attached hydrogens (primary N) is 1. The van der Waals surface area contributed by atoms with Crippen molar-refractivity contribution in [1.29, 1.82) is 0 Å². The zero-order valence-corrected chi connectivity index (χ0v) is 14.3. The minimum atomic E-state index is -0.0530. The topological polar surface area (TPSA) is 50.5 Å². The molecular weight excluding hydrogens is 318 g/mol. The van der Waals surface area contributed by atoms with Gasteiger partial charge in [-0.1, -0.05) is 15.9 Å². The van der Waals surface area contributed by atoms with Gasteiger partial charge >= 0.3 is 0 Å². The Bertz CT molecular complexity index is 488. The molecule has 1 aromatic rings. The van der Waals surface area contributed by atoms with Crippen LogP contribution in [-0.2, 0) is 12.8 Å². The summed E-state index contributed by atoms with van der Waals surface area (Å²) in [6, 6.07) is 4.42. The number of hydrogen-bond acceptors (Lipinski definition) is 4. The first-order chi connectivity index (χ1) is 9.36. The van der Waals surface area contributed by atoms with Gasteiger partial charge < -0.3 is 9.64 Å². The molecule has 0 aliphatic carbocycles. The van der Waals surface area contributed by atoms with Crippen molar-refractivity contribution in [2.45, 2.75) is 38.3 Å². The predicted molar refractivity (Wildman–Crippen MR) is 85.9 cm³/mol. The van der Waals surface area contributed by atoms with E-state index in [-0.39, 0.29) is 11.6 Å². The van der Waals surface area contributed by atoms with Gasteiger partial charge in [-0.05, 0) is 57.6 Å². The maximum absolute atomic E-state index is 5.80. The summed E-state index contributed by atoms with van der Waals surface area (Å²) in [6.07, 6.45) is 1.82. The predicted octanol–water partition coefficient (Wildman–Crippen LogP) is 2.10. The van der Waals surface area contributed by atoms with Crippen molar-refractivity contribution in [1.82, 2.24) is 10.3 Å². The van der Waals surface area contributed by atoms with E-state index in [9.17, 15) is 0 Å². The van der Waals surface area contributed by atoms with Gasteiger partial charge in [-0.15, -0.1) is 0 Å². The first-order valence-electron chi connectivity index (χ1n) is 6.94. The van der Waals surface area contributed by atoms with Crippen molar-refractivity contribution in [2.75, 3.05) is 20.7 Å². The van der Waals surface area contributed by atoms with Crippen LogP contribution in [0, 0.1) is 0 Å². The lowest BCUT2D eigenvalue weighted by Gasteiger charge is -2.40. The van der Waals surface area contributed by atoms with Crippen LogP contribution in [0.2, 0.25) is 0 Å². The molecule has 4 nitrogen and oxygen atoms in total. The zero-order chi connectivity index (χ0) is 14.9. The molecule has 1 aromatic carbocycles. The lowest BCUT2D eigenvalue weighted by atomic mass is 9.88. The van der Waals surface area contributed by atoms with Crippen LogP contribution in [0.3, 0.4) is 0 Å². The molecule has 1 aliphatic rings. The molecule has 1 atom stereocenters. The van der Waals surface area contributed by atoms with Crippen molar-refractivity contribution >= 4 is 15.9 Å². The van der Waals surface area contributed by atoms with Crippen molar-refractivity contribution in [3.8, 4) is 5.75 Å². The maximum Gasteiger partial charge on any atom is 0.125 e. The first-order valence-corrected chi connectivity index (χ1v) is 7.73. The van der Waals surface area contributed by atoms with Crippen LogP contribution in [0.5, 0.6) is 5.75 Å². The van der Waals surface area contributed by atoms with Gasteiger partial charge in [-0.3, -0.25) is 11.3 Å². The average Bonchev–Trinajstić information content (AvgIpc) is 2.83. The van der Waals surface area contributed by atoms with Gasteiger partial charge in [-0.25, -0.2) is 0 Å². The molecular formula is C15H24BrN3O. The number of hydrogen-bond donors (Lipinski definition) is 2. The van der Waals surface area contributed by atoms with Gasteiger partial charge in [0.2, 0.25) is 0 Å². The summed E-state index contributed by atoms with van der Waals surface area (Å²) in [5.74, 6) is 6.84. The molecule has 20 heavy (non-hydrogen) atoms. The van der Waals surface area contributed by atoms with Crippen LogP contribution in [0.15, 0.2) is 16.6 Å². The second-order valence-corrected chi connectivity index (χ2v) is 7.04. The normalized spacial score (nSPS) is 16.1. The van der Waals surface area contributed by atoms with Crippen molar-refractivity contribution in [3.63, 3.8) is 0 Å². The summed E-state index contributed by atoms with van der Waals surface area (Å²) >= 11 is 3.59. The lowest BCUT2D eigenvalue weighted by molar-refractivity contribution is 0.137. The summed E-state index contributed by atoms with van der Waals surface area (Å²) in [4.78, 5) is 2.19. The molecule has 0 saturated heterocycles. The molecule has 112 valence electrons. The van der Waals surface area contributed by atoms with Gasteiger partial charge in [0.25, 0.3) is 0 Å². The number of nitrogens with one attached hydrogen (secondary N) is 1. The summed E-state index contributed by atoms with van der Waals surface area (Å²) < 4.78 is 6.91. The van der Waals surface area contributed by atoms with Gasteiger partial charge in [0.1, 0.15) is 5.75 Å². The van der Waals surface area contributed by atoms with Crippen LogP contribution >= 0.6 is 15.9 Å². The molecule has 1 heterocycles. The minimum Gasteiger partial charge on any atom is -0.493 e. The molecule has 5 heteroatoms. The number of likely N-dealkylation sites (N-methyl/N-ethyl adjacent to an activating group) is 1. The van der Waals surface area contributed by atoms with Crippen LogP contribution < -0.4 is 16.0 Å². The average molecular weight is 342 g/mol. The SMILES string of the molecule is CN(C)C(C)(C)C(Cc1cc(Br)cc2c1OCC2)NN. The standard InChI is InChI=1S/C15H24BrN3O/c1-15(2,19(3)4)13(18-17)9-11-8-12(16)7-10-5-6-20-14(10)11/h7-8,13,18H,5-6,9,17H2,1-4H3. The zero-order valence-electron chi connectivity index (χ0n) is 12.7. The van der Waals surface area contributed by atoms with Crippen LogP contribution in [0.25, 0.3) is 0 Å². The monoisotopic (exact) mass is 341 g/mol. The van der Waals surface area contributed by atoms with Gasteiger partial charge in [0, 0.05) is 22.5 Å². The Labute approximate surface area is 129 Å². The van der Waals surface area contributed by atoms with Crippen LogP contribution in [0.4, 0.5) is 0 Å². The quantitative estimate of drug-likeness (QED) is 0.636. The third-order valence-electron chi connectivity index (χ3n) is 4.46. The highest BCUT2D eigenvalue weighted by molar-refractivity contribution is 9.10. The number of halogens is 1. The molecule has 1 aliphatic heterocycles. The fourth-order valence-corrected chi connectivity index (χ4v) is 3.09. The third-order valence-corrected chi connectivity index (χ3v) is 4.91. The molecule has 0 aromatic heterocycles. The largest absolute Gasteiger partial charge is 0.493 e. The summed E-state index contributed by atoms with van der Waals surface area (Å²) in [6.45, 7) is 5.16. The molecule has 1 unspecified atom stereocenters. The number of hydrazine groups is 1. The Morgan fingerprint density at radius 1 is 1.45 bits per heavy atom. The highest BCUT2D eigenvalue weighted by Crippen LogP contribution is 2.34. The fourth-order valence-electron chi connectivity index (χ4n) is 2.54. The number of nitrogens with zero attached hydrogens (tertiary/aromatic N) is 1. The van der Waals surface area contributed by atoms with Gasteiger partial charge in [-0.2, -0.15) is 0 Å².